The van der Waals surface area contributed by atoms with Crippen LogP contribution in [0.1, 0.15) is 5.56 Å². The maximum Gasteiger partial charge on any atom is 0.323 e. The third-order valence-electron chi connectivity index (χ3n) is 2.75. The van der Waals surface area contributed by atoms with Crippen LogP contribution in [0.15, 0.2) is 30.3 Å². The van der Waals surface area contributed by atoms with Crippen LogP contribution >= 0.6 is 11.6 Å². The van der Waals surface area contributed by atoms with Crippen LogP contribution in [-0.4, -0.2) is 22.7 Å². The van der Waals surface area contributed by atoms with Gasteiger partial charge in [0, 0.05) is 29.4 Å². The Hall–Kier alpha value is -2.25. The maximum atomic E-state index is 13.0. The van der Waals surface area contributed by atoms with E-state index in [1.807, 2.05) is 0 Å². The van der Waals surface area contributed by atoms with Crippen molar-refractivity contribution in [3.05, 3.63) is 52.8 Å². The zero-order valence-corrected chi connectivity index (χ0v) is 12.0. The molecule has 0 fully saturated rings. The Morgan fingerprint density at radius 2 is 1.91 bits per heavy atom. The number of pyridine rings is 1. The Morgan fingerprint density at radius 3 is 2.55 bits per heavy atom. The number of aliphatic hydroxyl groups is 1. The number of urea groups is 1. The molecule has 0 saturated heterocycles. The molecule has 2 rings (SSSR count). The number of aromatic nitrogens is 1. The summed E-state index contributed by atoms with van der Waals surface area (Å²) in [5, 5.41) is 14.2. The Bertz CT molecular complexity index is 678. The number of nitrogens with one attached hydrogen (secondary N) is 2. The second-order valence-electron chi connectivity index (χ2n) is 4.32. The molecule has 8 heteroatoms. The molecule has 0 atom stereocenters. The van der Waals surface area contributed by atoms with E-state index in [0.717, 1.165) is 12.1 Å². The zero-order valence-electron chi connectivity index (χ0n) is 11.2. The fraction of sp³-hybridized carbons (Fsp3) is 0.143. The Kier molecular flexibility index (Phi) is 5.24. The number of benzene rings is 1. The first-order valence-corrected chi connectivity index (χ1v) is 6.66. The van der Waals surface area contributed by atoms with E-state index in [1.165, 1.54) is 0 Å². The lowest BCUT2D eigenvalue weighted by Crippen LogP contribution is -2.21. The fourth-order valence-electron chi connectivity index (χ4n) is 1.86. The summed E-state index contributed by atoms with van der Waals surface area (Å²) in [5.41, 5.74) is 0.885. The molecule has 1 aromatic carbocycles. The van der Waals surface area contributed by atoms with Gasteiger partial charge in [0.05, 0.1) is 5.69 Å². The van der Waals surface area contributed by atoms with E-state index in [2.05, 4.69) is 15.6 Å². The lowest BCUT2D eigenvalue weighted by Gasteiger charge is -2.12. The van der Waals surface area contributed by atoms with Gasteiger partial charge in [-0.2, -0.15) is 13.8 Å². The summed E-state index contributed by atoms with van der Waals surface area (Å²) < 4.78 is 25.9. The third kappa shape index (κ3) is 4.12. The SMILES string of the molecule is O=C(Nc1cc(F)nc(F)c1)Nc1cccc(Cl)c1CCO. The fourth-order valence-corrected chi connectivity index (χ4v) is 2.13. The number of carbonyl (C=O) groups excluding carboxylic acids is 1. The van der Waals surface area contributed by atoms with Gasteiger partial charge >= 0.3 is 6.03 Å². The van der Waals surface area contributed by atoms with Crippen molar-refractivity contribution in [2.45, 2.75) is 6.42 Å². The topological polar surface area (TPSA) is 74.2 Å². The van der Waals surface area contributed by atoms with Crippen LogP contribution in [0, 0.1) is 11.9 Å². The van der Waals surface area contributed by atoms with Crippen molar-refractivity contribution in [2.24, 2.45) is 0 Å². The summed E-state index contributed by atoms with van der Waals surface area (Å²) in [6, 6.07) is 5.93. The highest BCUT2D eigenvalue weighted by Gasteiger charge is 2.11. The molecule has 3 N–H and O–H groups in total. The van der Waals surface area contributed by atoms with Gasteiger partial charge in [0.15, 0.2) is 0 Å². The van der Waals surface area contributed by atoms with Crippen molar-refractivity contribution in [1.29, 1.82) is 0 Å². The molecule has 0 bridgehead atoms. The van der Waals surface area contributed by atoms with Gasteiger partial charge in [-0.1, -0.05) is 17.7 Å². The molecule has 1 aromatic heterocycles. The number of aliphatic hydroxyl groups excluding tert-OH is 1. The number of hydrogen-bond donors (Lipinski definition) is 3. The Morgan fingerprint density at radius 1 is 1.23 bits per heavy atom. The molecule has 2 amide bonds. The largest absolute Gasteiger partial charge is 0.396 e. The van der Waals surface area contributed by atoms with Crippen LogP contribution in [0.4, 0.5) is 25.0 Å². The smallest absolute Gasteiger partial charge is 0.323 e. The molecule has 0 aliphatic carbocycles. The van der Waals surface area contributed by atoms with E-state index >= 15 is 0 Å². The van der Waals surface area contributed by atoms with Gasteiger partial charge in [0.25, 0.3) is 0 Å². The van der Waals surface area contributed by atoms with Gasteiger partial charge in [-0.25, -0.2) is 4.79 Å². The van der Waals surface area contributed by atoms with E-state index in [1.54, 1.807) is 18.2 Å². The van der Waals surface area contributed by atoms with Gasteiger partial charge in [0.1, 0.15) is 0 Å². The first kappa shape index (κ1) is 16.1. The molecule has 1 heterocycles. The van der Waals surface area contributed by atoms with Gasteiger partial charge in [-0.05, 0) is 24.1 Å². The van der Waals surface area contributed by atoms with Crippen LogP contribution < -0.4 is 10.6 Å². The Balaban J connectivity index is 2.14. The average Bonchev–Trinajstić information content (AvgIpc) is 2.41. The Labute approximate surface area is 129 Å². The minimum atomic E-state index is -1.04. The van der Waals surface area contributed by atoms with Crippen LogP contribution in [-0.2, 0) is 6.42 Å². The van der Waals surface area contributed by atoms with Crippen molar-refractivity contribution < 1.29 is 18.7 Å². The maximum absolute atomic E-state index is 13.0. The highest BCUT2D eigenvalue weighted by atomic mass is 35.5. The summed E-state index contributed by atoms with van der Waals surface area (Å²) >= 11 is 6.00. The molecule has 0 saturated carbocycles. The first-order chi connectivity index (χ1) is 10.5. The van der Waals surface area contributed by atoms with E-state index in [9.17, 15) is 13.6 Å². The predicted molar refractivity (Wildman–Crippen MR) is 79.0 cm³/mol. The molecule has 0 spiro atoms. The molecule has 0 unspecified atom stereocenters. The first-order valence-electron chi connectivity index (χ1n) is 6.29. The van der Waals surface area contributed by atoms with Gasteiger partial charge in [0.2, 0.25) is 11.9 Å². The number of amides is 2. The van der Waals surface area contributed by atoms with Crippen molar-refractivity contribution >= 4 is 29.0 Å². The quantitative estimate of drug-likeness (QED) is 0.755. The van der Waals surface area contributed by atoms with Gasteiger partial charge in [-0.15, -0.1) is 0 Å². The van der Waals surface area contributed by atoms with Crippen molar-refractivity contribution in [1.82, 2.24) is 4.98 Å². The third-order valence-corrected chi connectivity index (χ3v) is 3.10. The highest BCUT2D eigenvalue weighted by molar-refractivity contribution is 6.31. The summed E-state index contributed by atoms with van der Waals surface area (Å²) in [5.74, 6) is -2.09. The van der Waals surface area contributed by atoms with E-state index in [-0.39, 0.29) is 18.7 Å². The molecule has 22 heavy (non-hydrogen) atoms. The van der Waals surface area contributed by atoms with Gasteiger partial charge < -0.3 is 15.7 Å². The average molecular weight is 328 g/mol. The minimum Gasteiger partial charge on any atom is -0.396 e. The second kappa shape index (κ2) is 7.15. The highest BCUT2D eigenvalue weighted by Crippen LogP contribution is 2.25. The minimum absolute atomic E-state index is 0.0757. The molecule has 116 valence electrons. The van der Waals surface area contributed by atoms with E-state index in [4.69, 9.17) is 16.7 Å². The lowest BCUT2D eigenvalue weighted by atomic mass is 10.1. The number of anilines is 2. The van der Waals surface area contributed by atoms with Gasteiger partial charge in [-0.3, -0.25) is 0 Å². The van der Waals surface area contributed by atoms with E-state index in [0.29, 0.717) is 16.3 Å². The number of carbonyl (C=O) groups is 1. The van der Waals surface area contributed by atoms with Crippen molar-refractivity contribution in [3.8, 4) is 0 Å². The number of hydrogen-bond acceptors (Lipinski definition) is 3. The zero-order chi connectivity index (χ0) is 16.1. The van der Waals surface area contributed by atoms with Crippen LogP contribution in [0.2, 0.25) is 5.02 Å². The normalized spacial score (nSPS) is 10.4. The standard InChI is InChI=1S/C14H12ClF2N3O2/c15-10-2-1-3-11(9(10)4-5-21)19-14(22)18-8-6-12(16)20-13(17)7-8/h1-3,6-7,21H,4-5H2,(H2,18,19,20,22). The molecule has 0 aliphatic heterocycles. The number of nitrogens with zero attached hydrogens (tertiary/aromatic N) is 1. The summed E-state index contributed by atoms with van der Waals surface area (Å²) in [4.78, 5) is 14.8. The number of rotatable bonds is 4. The van der Waals surface area contributed by atoms with Crippen LogP contribution in [0.3, 0.4) is 0 Å². The van der Waals surface area contributed by atoms with E-state index < -0.39 is 17.9 Å². The summed E-state index contributed by atoms with van der Waals surface area (Å²) in [6.07, 6.45) is 0.258. The van der Waals surface area contributed by atoms with Crippen LogP contribution in [0.5, 0.6) is 0 Å². The molecule has 0 radical (unpaired) electrons. The second-order valence-corrected chi connectivity index (χ2v) is 4.73. The summed E-state index contributed by atoms with van der Waals surface area (Å²) in [7, 11) is 0. The molecule has 0 aliphatic rings. The van der Waals surface area contributed by atoms with Crippen molar-refractivity contribution in [2.75, 3.05) is 17.2 Å². The lowest BCUT2D eigenvalue weighted by molar-refractivity contribution is 0.262. The predicted octanol–water partition coefficient (Wildman–Crippen LogP) is 3.19. The van der Waals surface area contributed by atoms with Crippen LogP contribution in [0.25, 0.3) is 0 Å². The summed E-state index contributed by atoms with van der Waals surface area (Å²) in [6.45, 7) is -0.138. The molecular weight excluding hydrogens is 316 g/mol. The molecule has 5 nitrogen and oxygen atoms in total. The number of halogens is 3. The molecule has 2 aromatic rings. The van der Waals surface area contributed by atoms with Crippen molar-refractivity contribution in [3.63, 3.8) is 0 Å². The molecular formula is C14H12ClF2N3O2. The monoisotopic (exact) mass is 327 g/mol.